The van der Waals surface area contributed by atoms with Crippen molar-refractivity contribution in [2.45, 2.75) is 13.1 Å². The Bertz CT molecular complexity index is 1180. The first-order chi connectivity index (χ1) is 14.0. The molecule has 0 radical (unpaired) electrons. The van der Waals surface area contributed by atoms with Gasteiger partial charge in [0.1, 0.15) is 23.1 Å². The molecule has 1 N–H and O–H groups in total. The van der Waals surface area contributed by atoms with E-state index in [4.69, 9.17) is 0 Å². The van der Waals surface area contributed by atoms with Crippen LogP contribution in [0.5, 0.6) is 0 Å². The molecule has 0 spiro atoms. The topological polar surface area (TPSA) is 34.0 Å². The molecule has 0 saturated carbocycles. The van der Waals surface area contributed by atoms with Gasteiger partial charge in [0, 0.05) is 35.6 Å². The molecule has 4 aromatic rings. The average Bonchev–Trinajstić information content (AvgIpc) is 3.07. The normalized spacial score (nSPS) is 11.0. The zero-order valence-corrected chi connectivity index (χ0v) is 15.3. The Morgan fingerprint density at radius 2 is 1.59 bits per heavy atom. The van der Waals surface area contributed by atoms with E-state index >= 15 is 0 Å². The lowest BCUT2D eigenvalue weighted by Crippen LogP contribution is -2.26. The second-order valence-electron chi connectivity index (χ2n) is 6.72. The molecule has 146 valence electrons. The number of rotatable bonds is 5. The van der Waals surface area contributed by atoms with Gasteiger partial charge in [-0.05, 0) is 35.9 Å². The molecule has 0 aliphatic rings. The van der Waals surface area contributed by atoms with Crippen LogP contribution in [0.3, 0.4) is 0 Å². The quantitative estimate of drug-likeness (QED) is 0.506. The Kier molecular flexibility index (Phi) is 5.08. The van der Waals surface area contributed by atoms with Crippen molar-refractivity contribution in [3.8, 4) is 0 Å². The number of carbonyl (C=O) groups is 1. The summed E-state index contributed by atoms with van der Waals surface area (Å²) in [6.45, 7) is 0.310. The standard InChI is InChI=1S/C23H17F3N2O/c24-18-8-5-15(6-9-18)14-28-21-4-2-1-3-16(21)11-22(28)23(29)27-13-17-7-10-19(25)12-20(17)26/h1-12H,13-14H2,(H,27,29). The molecule has 1 aromatic heterocycles. The van der Waals surface area contributed by atoms with E-state index in [2.05, 4.69) is 5.32 Å². The minimum atomic E-state index is -0.711. The van der Waals surface area contributed by atoms with Crippen molar-refractivity contribution in [3.63, 3.8) is 0 Å². The molecule has 1 heterocycles. The van der Waals surface area contributed by atoms with E-state index in [1.165, 1.54) is 18.2 Å². The lowest BCUT2D eigenvalue weighted by molar-refractivity contribution is 0.0942. The summed E-state index contributed by atoms with van der Waals surface area (Å²) in [5.41, 5.74) is 2.29. The molecule has 0 aliphatic heterocycles. The van der Waals surface area contributed by atoms with Gasteiger partial charge in [-0.1, -0.05) is 36.4 Å². The molecule has 3 nitrogen and oxygen atoms in total. The van der Waals surface area contributed by atoms with Crippen molar-refractivity contribution in [1.82, 2.24) is 9.88 Å². The Hall–Kier alpha value is -3.54. The summed E-state index contributed by atoms with van der Waals surface area (Å²) < 4.78 is 42.0. The Labute approximate surface area is 165 Å². The molecule has 0 saturated heterocycles. The zero-order chi connectivity index (χ0) is 20.4. The minimum absolute atomic E-state index is 0.0664. The fourth-order valence-electron chi connectivity index (χ4n) is 3.27. The largest absolute Gasteiger partial charge is 0.347 e. The highest BCUT2D eigenvalue weighted by Gasteiger charge is 2.16. The van der Waals surface area contributed by atoms with Crippen LogP contribution < -0.4 is 5.32 Å². The summed E-state index contributed by atoms with van der Waals surface area (Å²) in [5, 5.41) is 3.57. The van der Waals surface area contributed by atoms with Crippen LogP contribution in [-0.2, 0) is 13.1 Å². The number of aromatic nitrogens is 1. The van der Waals surface area contributed by atoms with E-state index in [0.717, 1.165) is 28.6 Å². The van der Waals surface area contributed by atoms with Gasteiger partial charge >= 0.3 is 0 Å². The van der Waals surface area contributed by atoms with Crippen LogP contribution in [0.1, 0.15) is 21.6 Å². The van der Waals surface area contributed by atoms with Crippen molar-refractivity contribution in [3.05, 3.63) is 107 Å². The Morgan fingerprint density at radius 1 is 0.862 bits per heavy atom. The maximum Gasteiger partial charge on any atom is 0.268 e. The van der Waals surface area contributed by atoms with Gasteiger partial charge in [-0.2, -0.15) is 0 Å². The summed E-state index contributed by atoms with van der Waals surface area (Å²) in [6.07, 6.45) is 0. The van der Waals surface area contributed by atoms with Gasteiger partial charge in [0.25, 0.3) is 5.91 Å². The smallest absolute Gasteiger partial charge is 0.268 e. The van der Waals surface area contributed by atoms with Crippen molar-refractivity contribution < 1.29 is 18.0 Å². The number of para-hydroxylation sites is 1. The van der Waals surface area contributed by atoms with Crippen molar-refractivity contribution in [1.29, 1.82) is 0 Å². The molecular formula is C23H17F3N2O. The summed E-state index contributed by atoms with van der Waals surface area (Å²) in [4.78, 5) is 12.8. The van der Waals surface area contributed by atoms with Crippen LogP contribution in [0.25, 0.3) is 10.9 Å². The number of benzene rings is 3. The molecule has 4 rings (SSSR count). The van der Waals surface area contributed by atoms with Gasteiger partial charge in [-0.25, -0.2) is 13.2 Å². The number of nitrogens with zero attached hydrogens (tertiary/aromatic N) is 1. The number of carbonyl (C=O) groups excluding carboxylic acids is 1. The number of hydrogen-bond donors (Lipinski definition) is 1. The molecule has 0 unspecified atom stereocenters. The van der Waals surface area contributed by atoms with Crippen molar-refractivity contribution in [2.24, 2.45) is 0 Å². The first kappa shape index (κ1) is 18.8. The number of halogens is 3. The fraction of sp³-hybridized carbons (Fsp3) is 0.0870. The van der Waals surface area contributed by atoms with E-state index in [9.17, 15) is 18.0 Å². The third kappa shape index (κ3) is 4.01. The maximum absolute atomic E-state index is 13.8. The van der Waals surface area contributed by atoms with Crippen LogP contribution in [0, 0.1) is 17.5 Å². The summed E-state index contributed by atoms with van der Waals surface area (Å²) in [7, 11) is 0. The third-order valence-electron chi connectivity index (χ3n) is 4.75. The number of amides is 1. The predicted octanol–water partition coefficient (Wildman–Crippen LogP) is 5.04. The van der Waals surface area contributed by atoms with Gasteiger partial charge in [0.2, 0.25) is 0 Å². The minimum Gasteiger partial charge on any atom is -0.347 e. The molecule has 6 heteroatoms. The molecule has 3 aromatic carbocycles. The summed E-state index contributed by atoms with van der Waals surface area (Å²) in [6, 6.07) is 18.6. The molecule has 0 fully saturated rings. The molecular weight excluding hydrogens is 377 g/mol. The molecule has 0 aliphatic carbocycles. The Morgan fingerprint density at radius 3 is 2.34 bits per heavy atom. The maximum atomic E-state index is 13.8. The van der Waals surface area contributed by atoms with E-state index in [-0.39, 0.29) is 23.8 Å². The van der Waals surface area contributed by atoms with Gasteiger partial charge < -0.3 is 9.88 Å². The monoisotopic (exact) mass is 394 g/mol. The zero-order valence-electron chi connectivity index (χ0n) is 15.3. The van der Waals surface area contributed by atoms with Crippen LogP contribution in [-0.4, -0.2) is 10.5 Å². The first-order valence-electron chi connectivity index (χ1n) is 9.06. The SMILES string of the molecule is O=C(NCc1ccc(F)cc1F)c1cc2ccccc2n1Cc1ccc(F)cc1. The number of fused-ring (bicyclic) bond motifs is 1. The van der Waals surface area contributed by atoms with E-state index in [0.29, 0.717) is 12.2 Å². The van der Waals surface area contributed by atoms with Gasteiger partial charge in [0.05, 0.1) is 0 Å². The highest BCUT2D eigenvalue weighted by molar-refractivity contribution is 5.98. The first-order valence-corrected chi connectivity index (χ1v) is 9.06. The molecule has 0 atom stereocenters. The number of hydrogen-bond acceptors (Lipinski definition) is 1. The van der Waals surface area contributed by atoms with Gasteiger partial charge in [0.15, 0.2) is 0 Å². The highest BCUT2D eigenvalue weighted by Crippen LogP contribution is 2.22. The van der Waals surface area contributed by atoms with Crippen LogP contribution in [0.4, 0.5) is 13.2 Å². The third-order valence-corrected chi connectivity index (χ3v) is 4.75. The lowest BCUT2D eigenvalue weighted by Gasteiger charge is -2.12. The van der Waals surface area contributed by atoms with E-state index < -0.39 is 11.6 Å². The summed E-state index contributed by atoms with van der Waals surface area (Å²) >= 11 is 0. The fourth-order valence-corrected chi connectivity index (χ4v) is 3.27. The van der Waals surface area contributed by atoms with Gasteiger partial charge in [-0.15, -0.1) is 0 Å². The predicted molar refractivity (Wildman–Crippen MR) is 105 cm³/mol. The average molecular weight is 394 g/mol. The lowest BCUT2D eigenvalue weighted by atomic mass is 10.2. The molecule has 1 amide bonds. The number of nitrogens with one attached hydrogen (secondary N) is 1. The van der Waals surface area contributed by atoms with Crippen molar-refractivity contribution >= 4 is 16.8 Å². The van der Waals surface area contributed by atoms with Gasteiger partial charge in [-0.3, -0.25) is 4.79 Å². The second kappa shape index (κ2) is 7.83. The Balaban J connectivity index is 1.63. The van der Waals surface area contributed by atoms with Crippen LogP contribution >= 0.6 is 0 Å². The van der Waals surface area contributed by atoms with E-state index in [1.54, 1.807) is 18.2 Å². The van der Waals surface area contributed by atoms with Crippen LogP contribution in [0.15, 0.2) is 72.8 Å². The molecule has 0 bridgehead atoms. The van der Waals surface area contributed by atoms with Crippen molar-refractivity contribution in [2.75, 3.05) is 0 Å². The van der Waals surface area contributed by atoms with E-state index in [1.807, 2.05) is 28.8 Å². The highest BCUT2D eigenvalue weighted by atomic mass is 19.1. The van der Waals surface area contributed by atoms with Crippen LogP contribution in [0.2, 0.25) is 0 Å². The second-order valence-corrected chi connectivity index (χ2v) is 6.72. The summed E-state index contributed by atoms with van der Waals surface area (Å²) in [5.74, 6) is -2.09. The molecule has 29 heavy (non-hydrogen) atoms.